The van der Waals surface area contributed by atoms with Crippen molar-refractivity contribution in [3.8, 4) is 11.3 Å². The average molecular weight is 465 g/mol. The third-order valence-electron chi connectivity index (χ3n) is 6.34. The Morgan fingerprint density at radius 2 is 1.77 bits per heavy atom. The van der Waals surface area contributed by atoms with Gasteiger partial charge in [-0.05, 0) is 60.2 Å². The topological polar surface area (TPSA) is 86.8 Å². The van der Waals surface area contributed by atoms with E-state index in [-0.39, 0.29) is 5.56 Å². The molecular weight excluding hydrogens is 443 g/mol. The summed E-state index contributed by atoms with van der Waals surface area (Å²) in [5.74, 6) is -0.587. The highest BCUT2D eigenvalue weighted by Crippen LogP contribution is 2.32. The Morgan fingerprint density at radius 3 is 2.57 bits per heavy atom. The fourth-order valence-corrected chi connectivity index (χ4v) is 4.34. The highest BCUT2D eigenvalue weighted by Gasteiger charge is 2.28. The number of carbonyl (C=O) groups excluding carboxylic acids is 1. The standard InChI is InChI=1S/C27H21FN6O/c28-23-11-6-18(24-12-13-25-26(30-24)32-33-31-25)14-22(23)27(35)29-20-7-9-21(10-8-20)34-15-19(16-34)17-4-2-1-3-5-17/h1-14,19H,15-16H2,(H,29,35)(H,30,31,32,33). The van der Waals surface area contributed by atoms with Crippen LogP contribution in [0.2, 0.25) is 0 Å². The summed E-state index contributed by atoms with van der Waals surface area (Å²) in [4.78, 5) is 19.6. The summed E-state index contributed by atoms with van der Waals surface area (Å²) >= 11 is 0. The van der Waals surface area contributed by atoms with Crippen molar-refractivity contribution in [1.82, 2.24) is 20.4 Å². The quantitative estimate of drug-likeness (QED) is 0.382. The maximum absolute atomic E-state index is 14.5. The molecule has 0 aliphatic carbocycles. The Morgan fingerprint density at radius 1 is 0.971 bits per heavy atom. The fraction of sp³-hybridized carbons (Fsp3) is 0.111. The number of aromatic amines is 1. The van der Waals surface area contributed by atoms with Crippen LogP contribution in [0.25, 0.3) is 22.4 Å². The van der Waals surface area contributed by atoms with E-state index in [2.05, 4.69) is 54.9 Å². The Labute approximate surface area is 200 Å². The number of nitrogens with one attached hydrogen (secondary N) is 2. The first-order valence-electron chi connectivity index (χ1n) is 11.3. The summed E-state index contributed by atoms with van der Waals surface area (Å²) in [6.45, 7) is 1.92. The molecule has 2 aromatic heterocycles. The summed E-state index contributed by atoms with van der Waals surface area (Å²) < 4.78 is 14.5. The second-order valence-electron chi connectivity index (χ2n) is 8.59. The Kier molecular flexibility index (Phi) is 5.18. The highest BCUT2D eigenvalue weighted by atomic mass is 19.1. The van der Waals surface area contributed by atoms with Crippen molar-refractivity contribution in [3.63, 3.8) is 0 Å². The molecule has 0 saturated carbocycles. The lowest BCUT2D eigenvalue weighted by atomic mass is 9.91. The van der Waals surface area contributed by atoms with Crippen LogP contribution in [-0.2, 0) is 0 Å². The van der Waals surface area contributed by atoms with E-state index in [0.717, 1.165) is 18.8 Å². The van der Waals surface area contributed by atoms with E-state index in [1.165, 1.54) is 17.7 Å². The molecule has 1 saturated heterocycles. The van der Waals surface area contributed by atoms with E-state index < -0.39 is 11.7 Å². The number of amides is 1. The Hall–Kier alpha value is -4.59. The van der Waals surface area contributed by atoms with Gasteiger partial charge in [-0.1, -0.05) is 35.5 Å². The van der Waals surface area contributed by atoms with E-state index in [9.17, 15) is 9.18 Å². The van der Waals surface area contributed by atoms with Gasteiger partial charge in [-0.15, -0.1) is 5.10 Å². The molecule has 1 aliphatic heterocycles. The van der Waals surface area contributed by atoms with Crippen molar-refractivity contribution in [2.24, 2.45) is 0 Å². The van der Waals surface area contributed by atoms with Crippen molar-refractivity contribution in [3.05, 3.63) is 102 Å². The van der Waals surface area contributed by atoms with Gasteiger partial charge < -0.3 is 10.2 Å². The number of H-pyrrole nitrogens is 1. The second kappa shape index (κ2) is 8.64. The van der Waals surface area contributed by atoms with Gasteiger partial charge in [-0.3, -0.25) is 9.89 Å². The molecule has 8 heteroatoms. The van der Waals surface area contributed by atoms with Crippen molar-refractivity contribution in [1.29, 1.82) is 0 Å². The lowest BCUT2D eigenvalue weighted by Crippen LogP contribution is -2.44. The minimum atomic E-state index is -0.599. The number of anilines is 2. The first-order valence-corrected chi connectivity index (χ1v) is 11.3. The number of hydrogen-bond donors (Lipinski definition) is 2. The molecule has 5 aromatic rings. The number of halogens is 1. The van der Waals surface area contributed by atoms with Gasteiger partial charge in [-0.2, -0.15) is 0 Å². The van der Waals surface area contributed by atoms with Gasteiger partial charge in [0.15, 0.2) is 0 Å². The predicted octanol–water partition coefficient (Wildman–Crippen LogP) is 5.02. The molecule has 2 N–H and O–H groups in total. The van der Waals surface area contributed by atoms with Crippen molar-refractivity contribution >= 4 is 28.4 Å². The van der Waals surface area contributed by atoms with Gasteiger partial charge in [0.2, 0.25) is 5.65 Å². The molecule has 1 fully saturated rings. The van der Waals surface area contributed by atoms with E-state index in [1.54, 1.807) is 18.2 Å². The van der Waals surface area contributed by atoms with Gasteiger partial charge in [0, 0.05) is 35.9 Å². The molecule has 7 nitrogen and oxygen atoms in total. The van der Waals surface area contributed by atoms with Crippen LogP contribution in [0.1, 0.15) is 21.8 Å². The zero-order valence-corrected chi connectivity index (χ0v) is 18.6. The highest BCUT2D eigenvalue weighted by molar-refractivity contribution is 6.05. The Balaban J connectivity index is 1.14. The smallest absolute Gasteiger partial charge is 0.258 e. The summed E-state index contributed by atoms with van der Waals surface area (Å²) in [5, 5.41) is 13.2. The van der Waals surface area contributed by atoms with Crippen LogP contribution in [-0.4, -0.2) is 39.4 Å². The molecule has 35 heavy (non-hydrogen) atoms. The van der Waals surface area contributed by atoms with Gasteiger partial charge in [0.25, 0.3) is 5.91 Å². The summed E-state index contributed by atoms with van der Waals surface area (Å²) in [6, 6.07) is 26.0. The lowest BCUT2D eigenvalue weighted by molar-refractivity contribution is 0.102. The van der Waals surface area contributed by atoms with Crippen LogP contribution in [0.4, 0.5) is 15.8 Å². The molecule has 1 amide bonds. The third kappa shape index (κ3) is 4.10. The van der Waals surface area contributed by atoms with Crippen LogP contribution in [0.5, 0.6) is 0 Å². The number of benzene rings is 3. The lowest BCUT2D eigenvalue weighted by Gasteiger charge is -2.41. The molecule has 0 unspecified atom stereocenters. The summed E-state index contributed by atoms with van der Waals surface area (Å²) in [6.07, 6.45) is 0. The molecule has 0 bridgehead atoms. The first-order chi connectivity index (χ1) is 17.1. The van der Waals surface area contributed by atoms with Crippen LogP contribution >= 0.6 is 0 Å². The minimum absolute atomic E-state index is 0.0536. The van der Waals surface area contributed by atoms with Crippen molar-refractivity contribution in [2.75, 3.05) is 23.3 Å². The van der Waals surface area contributed by atoms with E-state index in [4.69, 9.17) is 0 Å². The van der Waals surface area contributed by atoms with Crippen molar-refractivity contribution < 1.29 is 9.18 Å². The number of pyridine rings is 1. The number of rotatable bonds is 5. The Bertz CT molecular complexity index is 1510. The first kappa shape index (κ1) is 21.0. The molecule has 1 aliphatic rings. The number of hydrogen-bond acceptors (Lipinski definition) is 5. The minimum Gasteiger partial charge on any atom is -0.370 e. The van der Waals surface area contributed by atoms with Crippen LogP contribution in [0.3, 0.4) is 0 Å². The largest absolute Gasteiger partial charge is 0.370 e. The normalized spacial score (nSPS) is 13.6. The number of nitrogens with zero attached hydrogens (tertiary/aromatic N) is 4. The van der Waals surface area contributed by atoms with Gasteiger partial charge >= 0.3 is 0 Å². The molecule has 0 radical (unpaired) electrons. The molecular formula is C27H21FN6O. The number of aromatic nitrogens is 4. The molecule has 3 aromatic carbocycles. The van der Waals surface area contributed by atoms with Crippen LogP contribution in [0.15, 0.2) is 84.9 Å². The van der Waals surface area contributed by atoms with Crippen molar-refractivity contribution in [2.45, 2.75) is 5.92 Å². The molecule has 6 rings (SSSR count). The SMILES string of the molecule is O=C(Nc1ccc(N2CC(c3ccccc3)C2)cc1)c1cc(-c2ccc3[nH]nnc3n2)ccc1F. The predicted molar refractivity (Wildman–Crippen MR) is 133 cm³/mol. The van der Waals surface area contributed by atoms with Crippen LogP contribution in [0, 0.1) is 5.82 Å². The molecule has 0 spiro atoms. The van der Waals surface area contributed by atoms with Gasteiger partial charge in [0.1, 0.15) is 11.3 Å². The second-order valence-corrected chi connectivity index (χ2v) is 8.59. The monoisotopic (exact) mass is 464 g/mol. The average Bonchev–Trinajstić information content (AvgIpc) is 3.33. The molecule has 3 heterocycles. The summed E-state index contributed by atoms with van der Waals surface area (Å²) in [5.41, 5.74) is 5.34. The zero-order valence-electron chi connectivity index (χ0n) is 18.6. The van der Waals surface area contributed by atoms with E-state index in [1.807, 2.05) is 30.3 Å². The summed E-state index contributed by atoms with van der Waals surface area (Å²) in [7, 11) is 0. The fourth-order valence-electron chi connectivity index (χ4n) is 4.34. The van der Waals surface area contributed by atoms with E-state index in [0.29, 0.717) is 34.0 Å². The maximum atomic E-state index is 14.5. The van der Waals surface area contributed by atoms with Gasteiger partial charge in [0.05, 0.1) is 11.3 Å². The number of carbonyl (C=O) groups is 1. The third-order valence-corrected chi connectivity index (χ3v) is 6.34. The maximum Gasteiger partial charge on any atom is 0.258 e. The zero-order chi connectivity index (χ0) is 23.8. The molecule has 172 valence electrons. The van der Waals surface area contributed by atoms with Crippen LogP contribution < -0.4 is 10.2 Å². The molecule has 0 atom stereocenters. The van der Waals surface area contributed by atoms with Gasteiger partial charge in [-0.25, -0.2) is 9.37 Å². The van der Waals surface area contributed by atoms with E-state index >= 15 is 0 Å². The number of fused-ring (bicyclic) bond motifs is 1.